The molecule has 1 fully saturated rings. The standard InChI is InChI=1S/C14H24N2OS/c1-9(2)12-8-18-13(16-12)14(15-5)6-10(3)17-11(4)7-14/h8-11,15H,6-7H2,1-5H3. The van der Waals surface area contributed by atoms with Crippen molar-refractivity contribution >= 4 is 11.3 Å². The summed E-state index contributed by atoms with van der Waals surface area (Å²) in [5.41, 5.74) is 1.20. The summed E-state index contributed by atoms with van der Waals surface area (Å²) in [7, 11) is 2.04. The maximum Gasteiger partial charge on any atom is 0.113 e. The predicted molar refractivity (Wildman–Crippen MR) is 76.2 cm³/mol. The van der Waals surface area contributed by atoms with E-state index in [1.54, 1.807) is 11.3 Å². The van der Waals surface area contributed by atoms with Gasteiger partial charge in [-0.05, 0) is 39.7 Å². The quantitative estimate of drug-likeness (QED) is 0.913. The fraction of sp³-hybridized carbons (Fsp3) is 0.786. The summed E-state index contributed by atoms with van der Waals surface area (Å²) in [6.07, 6.45) is 2.57. The Hall–Kier alpha value is -0.450. The number of nitrogens with zero attached hydrogens (tertiary/aromatic N) is 1. The minimum Gasteiger partial charge on any atom is -0.375 e. The van der Waals surface area contributed by atoms with Crippen LogP contribution in [0.3, 0.4) is 0 Å². The van der Waals surface area contributed by atoms with Gasteiger partial charge in [-0.1, -0.05) is 13.8 Å². The summed E-state index contributed by atoms with van der Waals surface area (Å²) in [6, 6.07) is 0. The summed E-state index contributed by atoms with van der Waals surface area (Å²) in [6.45, 7) is 8.69. The van der Waals surface area contributed by atoms with E-state index in [0.29, 0.717) is 5.92 Å². The van der Waals surface area contributed by atoms with E-state index in [9.17, 15) is 0 Å². The van der Waals surface area contributed by atoms with Gasteiger partial charge in [0.2, 0.25) is 0 Å². The normalized spacial score (nSPS) is 33.0. The molecule has 0 aromatic carbocycles. The summed E-state index contributed by atoms with van der Waals surface area (Å²) < 4.78 is 5.86. The molecule has 1 aliphatic rings. The van der Waals surface area contributed by atoms with Crippen LogP contribution in [0.4, 0.5) is 0 Å². The third-order valence-corrected chi connectivity index (χ3v) is 4.80. The molecule has 3 nitrogen and oxygen atoms in total. The first-order valence-electron chi connectivity index (χ1n) is 6.77. The maximum absolute atomic E-state index is 5.86. The molecule has 1 aliphatic heterocycles. The van der Waals surface area contributed by atoms with E-state index in [1.165, 1.54) is 10.7 Å². The maximum atomic E-state index is 5.86. The minimum absolute atomic E-state index is 0.00507. The van der Waals surface area contributed by atoms with Crippen LogP contribution < -0.4 is 5.32 Å². The molecule has 0 aliphatic carbocycles. The number of rotatable bonds is 3. The van der Waals surface area contributed by atoms with Crippen LogP contribution in [0.15, 0.2) is 5.38 Å². The van der Waals surface area contributed by atoms with Crippen molar-refractivity contribution in [1.29, 1.82) is 0 Å². The number of ether oxygens (including phenoxy) is 1. The highest BCUT2D eigenvalue weighted by atomic mass is 32.1. The Kier molecular flexibility index (Phi) is 4.09. The van der Waals surface area contributed by atoms with Crippen LogP contribution in [0.1, 0.15) is 57.2 Å². The van der Waals surface area contributed by atoms with Crippen LogP contribution >= 0.6 is 11.3 Å². The highest BCUT2D eigenvalue weighted by Gasteiger charge is 2.41. The number of hydrogen-bond donors (Lipinski definition) is 1. The molecule has 102 valence electrons. The van der Waals surface area contributed by atoms with Crippen LogP contribution in [0.2, 0.25) is 0 Å². The number of aromatic nitrogens is 1. The van der Waals surface area contributed by atoms with E-state index in [-0.39, 0.29) is 17.7 Å². The zero-order valence-electron chi connectivity index (χ0n) is 12.0. The van der Waals surface area contributed by atoms with E-state index < -0.39 is 0 Å². The summed E-state index contributed by atoms with van der Waals surface area (Å²) in [5, 5.41) is 6.93. The van der Waals surface area contributed by atoms with Gasteiger partial charge in [-0.2, -0.15) is 0 Å². The SMILES string of the molecule is CNC1(c2nc(C(C)C)cs2)CC(C)OC(C)C1. The van der Waals surface area contributed by atoms with E-state index in [0.717, 1.165) is 12.8 Å². The molecule has 2 rings (SSSR count). The fourth-order valence-corrected chi connectivity index (χ4v) is 4.02. The summed E-state index contributed by atoms with van der Waals surface area (Å²) in [4.78, 5) is 4.85. The molecule has 4 heteroatoms. The van der Waals surface area contributed by atoms with Crippen LogP contribution in [-0.2, 0) is 10.3 Å². The molecule has 0 bridgehead atoms. The van der Waals surface area contributed by atoms with Crippen molar-refractivity contribution < 1.29 is 4.74 Å². The molecule has 1 aromatic rings. The van der Waals surface area contributed by atoms with Gasteiger partial charge in [0.25, 0.3) is 0 Å². The van der Waals surface area contributed by atoms with E-state index >= 15 is 0 Å². The lowest BCUT2D eigenvalue weighted by Crippen LogP contribution is -2.49. The Balaban J connectivity index is 2.30. The lowest BCUT2D eigenvalue weighted by molar-refractivity contribution is -0.0696. The molecule has 1 saturated heterocycles. The molecular formula is C14H24N2OS. The molecule has 2 heterocycles. The van der Waals surface area contributed by atoms with Crippen molar-refractivity contribution in [3.05, 3.63) is 16.1 Å². The zero-order chi connectivity index (χ0) is 13.3. The largest absolute Gasteiger partial charge is 0.375 e. The molecule has 18 heavy (non-hydrogen) atoms. The van der Waals surface area contributed by atoms with Gasteiger partial charge in [-0.3, -0.25) is 0 Å². The lowest BCUT2D eigenvalue weighted by atomic mass is 9.84. The molecule has 1 aromatic heterocycles. The Morgan fingerprint density at radius 3 is 2.44 bits per heavy atom. The third-order valence-electron chi connectivity index (χ3n) is 3.74. The molecule has 0 spiro atoms. The van der Waals surface area contributed by atoms with Crippen molar-refractivity contribution in [2.75, 3.05) is 7.05 Å². The first-order chi connectivity index (χ1) is 8.47. The Morgan fingerprint density at radius 2 is 2.00 bits per heavy atom. The van der Waals surface area contributed by atoms with Crippen LogP contribution in [0.5, 0.6) is 0 Å². The average Bonchev–Trinajstić information content (AvgIpc) is 2.77. The number of thiazole rings is 1. The fourth-order valence-electron chi connectivity index (χ4n) is 2.81. The summed E-state index contributed by atoms with van der Waals surface area (Å²) in [5.74, 6) is 0.499. The van der Waals surface area contributed by atoms with E-state index in [2.05, 4.69) is 38.4 Å². The first-order valence-corrected chi connectivity index (χ1v) is 7.65. The van der Waals surface area contributed by atoms with Gasteiger partial charge in [0.05, 0.1) is 23.4 Å². The van der Waals surface area contributed by atoms with Crippen molar-refractivity contribution in [1.82, 2.24) is 10.3 Å². The third kappa shape index (κ3) is 2.60. The number of nitrogens with one attached hydrogen (secondary N) is 1. The predicted octanol–water partition coefficient (Wildman–Crippen LogP) is 3.27. The topological polar surface area (TPSA) is 34.2 Å². The highest BCUT2D eigenvalue weighted by Crippen LogP contribution is 2.39. The van der Waals surface area contributed by atoms with Gasteiger partial charge in [-0.15, -0.1) is 11.3 Å². The second kappa shape index (κ2) is 5.27. The van der Waals surface area contributed by atoms with Crippen LogP contribution in [0.25, 0.3) is 0 Å². The molecule has 2 atom stereocenters. The van der Waals surface area contributed by atoms with Gasteiger partial charge in [-0.25, -0.2) is 4.98 Å². The van der Waals surface area contributed by atoms with Crippen LogP contribution in [0, 0.1) is 0 Å². The van der Waals surface area contributed by atoms with Gasteiger partial charge in [0.1, 0.15) is 5.01 Å². The smallest absolute Gasteiger partial charge is 0.113 e. The van der Waals surface area contributed by atoms with Gasteiger partial charge >= 0.3 is 0 Å². The van der Waals surface area contributed by atoms with Gasteiger partial charge in [0.15, 0.2) is 0 Å². The Bertz CT molecular complexity index is 392. The minimum atomic E-state index is -0.00507. The average molecular weight is 268 g/mol. The second-order valence-corrected chi connectivity index (χ2v) is 6.59. The first kappa shape index (κ1) is 14.0. The van der Waals surface area contributed by atoms with E-state index in [4.69, 9.17) is 9.72 Å². The monoisotopic (exact) mass is 268 g/mol. The molecule has 0 saturated carbocycles. The molecule has 0 radical (unpaired) electrons. The Morgan fingerprint density at radius 1 is 1.39 bits per heavy atom. The van der Waals surface area contributed by atoms with Crippen molar-refractivity contribution in [2.45, 2.75) is 64.2 Å². The van der Waals surface area contributed by atoms with E-state index in [1.807, 2.05) is 7.05 Å². The van der Waals surface area contributed by atoms with Gasteiger partial charge < -0.3 is 10.1 Å². The highest BCUT2D eigenvalue weighted by molar-refractivity contribution is 7.09. The molecule has 1 N–H and O–H groups in total. The van der Waals surface area contributed by atoms with Crippen molar-refractivity contribution in [2.24, 2.45) is 0 Å². The van der Waals surface area contributed by atoms with Crippen LogP contribution in [-0.4, -0.2) is 24.2 Å². The van der Waals surface area contributed by atoms with Crippen molar-refractivity contribution in [3.8, 4) is 0 Å². The molecular weight excluding hydrogens is 244 g/mol. The second-order valence-electron chi connectivity index (χ2n) is 5.73. The summed E-state index contributed by atoms with van der Waals surface area (Å²) >= 11 is 1.78. The van der Waals surface area contributed by atoms with Gasteiger partial charge in [0, 0.05) is 5.38 Å². The zero-order valence-corrected chi connectivity index (χ0v) is 12.8. The Labute approximate surface area is 114 Å². The molecule has 0 amide bonds. The molecule has 2 unspecified atom stereocenters. The lowest BCUT2D eigenvalue weighted by Gasteiger charge is -2.41. The number of hydrogen-bond acceptors (Lipinski definition) is 4. The van der Waals surface area contributed by atoms with Crippen molar-refractivity contribution in [3.63, 3.8) is 0 Å².